The van der Waals surface area contributed by atoms with Crippen LogP contribution in [-0.2, 0) is 18.9 Å². The summed E-state index contributed by atoms with van der Waals surface area (Å²) in [6.07, 6.45) is 19.1. The highest BCUT2D eigenvalue weighted by molar-refractivity contribution is 7.14. The maximum atomic E-state index is 7.00. The Morgan fingerprint density at radius 2 is 0.783 bits per heavy atom. The number of ether oxygens (including phenoxy) is 8. The van der Waals surface area contributed by atoms with Gasteiger partial charge >= 0.3 is 0 Å². The van der Waals surface area contributed by atoms with E-state index in [4.69, 9.17) is 43.0 Å². The average molecular weight is 1010 g/mol. The van der Waals surface area contributed by atoms with Crippen LogP contribution in [0.15, 0.2) is 22.9 Å². The molecular weight excluding hydrogens is 907 g/mol. The van der Waals surface area contributed by atoms with Gasteiger partial charge in [0.05, 0.1) is 58.4 Å². The second kappa shape index (κ2) is 34.9. The molecule has 5 heterocycles. The first kappa shape index (κ1) is 61.0. The van der Waals surface area contributed by atoms with Crippen LogP contribution in [0.1, 0.15) is 172 Å². The first-order valence-corrected chi connectivity index (χ1v) is 29.2. The molecule has 398 valence electrons. The van der Waals surface area contributed by atoms with Crippen molar-refractivity contribution in [3.05, 3.63) is 22.9 Å². The van der Waals surface area contributed by atoms with E-state index >= 15 is 0 Å². The van der Waals surface area contributed by atoms with Gasteiger partial charge < -0.3 is 48.0 Å². The van der Waals surface area contributed by atoms with E-state index in [0.717, 1.165) is 103 Å². The Bertz CT molecular complexity index is 1560. The minimum Gasteiger partial charge on any atom is -0.488 e. The number of thiophene rings is 2. The summed E-state index contributed by atoms with van der Waals surface area (Å²) in [5.41, 5.74) is 1.12. The second-order valence-corrected chi connectivity index (χ2v) is 21.4. The highest BCUT2D eigenvalue weighted by Crippen LogP contribution is 2.50. The van der Waals surface area contributed by atoms with Gasteiger partial charge in [-0.2, -0.15) is 0 Å². The number of hydrogen-bond donors (Lipinski definition) is 2. The van der Waals surface area contributed by atoms with Crippen LogP contribution in [0.25, 0.3) is 21.1 Å². The highest BCUT2D eigenvalue weighted by atomic mass is 32.1. The summed E-state index contributed by atoms with van der Waals surface area (Å²) < 4.78 is 53.1. The van der Waals surface area contributed by atoms with Gasteiger partial charge in [0.1, 0.15) is 26.4 Å². The number of unbranched alkanes of at least 4 members (excludes halogenated alkanes) is 4. The molecule has 3 aromatic heterocycles. The van der Waals surface area contributed by atoms with Crippen LogP contribution in [0.2, 0.25) is 0 Å². The SMILES string of the molecule is CC.CCCCC(CC)COCC1(COCC(CC)CCCC)COc2csc(-c3ccc(-c4scc5c4OCC(COCC(CC)CCCC)(COCC(CC)CCCC)CO5)[nH]3)c2OC1.CO. The second-order valence-electron chi connectivity index (χ2n) is 19.7. The van der Waals surface area contributed by atoms with Crippen molar-refractivity contribution >= 4 is 22.7 Å². The zero-order chi connectivity index (χ0) is 50.3. The molecular formula is C57H99NO9S2. The Morgan fingerprint density at radius 1 is 0.493 bits per heavy atom. The molecule has 0 saturated carbocycles. The molecule has 5 rings (SSSR count). The lowest BCUT2D eigenvalue weighted by Gasteiger charge is -2.32. The number of hydrogen-bond acceptors (Lipinski definition) is 11. The Hall–Kier alpha value is -2.32. The Labute approximate surface area is 428 Å². The summed E-state index contributed by atoms with van der Waals surface area (Å²) in [4.78, 5) is 5.76. The van der Waals surface area contributed by atoms with Crippen molar-refractivity contribution in [2.45, 2.75) is 172 Å². The van der Waals surface area contributed by atoms with Gasteiger partial charge in [-0.3, -0.25) is 0 Å². The van der Waals surface area contributed by atoms with Gasteiger partial charge in [-0.1, -0.05) is 146 Å². The van der Waals surface area contributed by atoms with Crippen molar-refractivity contribution in [2.75, 3.05) is 86.4 Å². The molecule has 4 unspecified atom stereocenters. The molecule has 0 aliphatic carbocycles. The zero-order valence-corrected chi connectivity index (χ0v) is 47.1. The molecule has 0 saturated heterocycles. The lowest BCUT2D eigenvalue weighted by atomic mass is 9.91. The van der Waals surface area contributed by atoms with Crippen molar-refractivity contribution in [1.29, 1.82) is 0 Å². The standard InChI is InChI=1S/C54H89NO8S2.C2H6.CH4O/c1-9-17-21-41(13-5)27-56-33-53(34-57-28-42(14-6)22-18-10-2)37-60-47-31-64-51(49(47)62-39-53)45-25-26-46(55-45)52-50-48(32-65-52)61-38-54(40-63-50,35-58-29-43(15-7)23-19-11-3)36-59-30-44(16-8)24-20-12-4;2*1-2/h25-26,31-32,41-44,55H,9-24,27-30,33-40H2,1-8H3;1-2H3;2H,1H3. The molecule has 0 aromatic carbocycles. The summed E-state index contributed by atoms with van der Waals surface area (Å²) in [7, 11) is 1.00. The molecule has 0 radical (unpaired) electrons. The van der Waals surface area contributed by atoms with Crippen molar-refractivity contribution in [2.24, 2.45) is 34.5 Å². The van der Waals surface area contributed by atoms with Crippen LogP contribution in [0.5, 0.6) is 23.0 Å². The lowest BCUT2D eigenvalue weighted by molar-refractivity contribution is -0.0715. The molecule has 2 N–H and O–H groups in total. The minimum atomic E-state index is -0.419. The van der Waals surface area contributed by atoms with E-state index in [0.29, 0.717) is 76.5 Å². The fourth-order valence-electron chi connectivity index (χ4n) is 8.94. The summed E-state index contributed by atoms with van der Waals surface area (Å²) in [6, 6.07) is 4.27. The topological polar surface area (TPSA) is 110 Å². The van der Waals surface area contributed by atoms with Gasteiger partial charge in [0, 0.05) is 44.3 Å². The van der Waals surface area contributed by atoms with Gasteiger partial charge in [0.15, 0.2) is 23.0 Å². The zero-order valence-electron chi connectivity index (χ0n) is 45.4. The van der Waals surface area contributed by atoms with Crippen LogP contribution in [0.3, 0.4) is 0 Å². The van der Waals surface area contributed by atoms with E-state index in [2.05, 4.69) is 83.3 Å². The molecule has 3 aromatic rings. The fraction of sp³-hybridized carbons (Fsp3) is 0.789. The van der Waals surface area contributed by atoms with E-state index < -0.39 is 10.8 Å². The van der Waals surface area contributed by atoms with E-state index in [1.54, 1.807) is 22.7 Å². The molecule has 4 atom stereocenters. The van der Waals surface area contributed by atoms with Gasteiger partial charge in [0.25, 0.3) is 0 Å². The highest BCUT2D eigenvalue weighted by Gasteiger charge is 2.40. The van der Waals surface area contributed by atoms with E-state index in [1.165, 1.54) is 77.0 Å². The molecule has 2 aliphatic rings. The summed E-state index contributed by atoms with van der Waals surface area (Å²) in [5, 5.41) is 11.2. The molecule has 69 heavy (non-hydrogen) atoms. The van der Waals surface area contributed by atoms with Crippen molar-refractivity contribution < 1.29 is 43.0 Å². The third-order valence-corrected chi connectivity index (χ3v) is 15.9. The number of fused-ring (bicyclic) bond motifs is 2. The Balaban J connectivity index is 0.00000307. The Kier molecular flexibility index (Phi) is 30.9. The largest absolute Gasteiger partial charge is 0.488 e. The van der Waals surface area contributed by atoms with Gasteiger partial charge in [-0.15, -0.1) is 22.7 Å². The van der Waals surface area contributed by atoms with E-state index in [1.807, 2.05) is 13.8 Å². The van der Waals surface area contributed by atoms with Crippen LogP contribution in [0.4, 0.5) is 0 Å². The van der Waals surface area contributed by atoms with Crippen LogP contribution >= 0.6 is 22.7 Å². The molecule has 10 nitrogen and oxygen atoms in total. The van der Waals surface area contributed by atoms with E-state index in [9.17, 15) is 0 Å². The third-order valence-electron chi connectivity index (χ3n) is 13.9. The first-order valence-electron chi connectivity index (χ1n) is 27.5. The predicted molar refractivity (Wildman–Crippen MR) is 290 cm³/mol. The van der Waals surface area contributed by atoms with Crippen LogP contribution in [-0.4, -0.2) is 96.5 Å². The third kappa shape index (κ3) is 19.6. The average Bonchev–Trinajstić information content (AvgIpc) is 4.09. The molecule has 12 heteroatoms. The monoisotopic (exact) mass is 1010 g/mol. The van der Waals surface area contributed by atoms with Gasteiger partial charge in [-0.25, -0.2) is 0 Å². The van der Waals surface area contributed by atoms with Gasteiger partial charge in [0.2, 0.25) is 0 Å². The quantitative estimate of drug-likeness (QED) is 0.0604. The van der Waals surface area contributed by atoms with Crippen molar-refractivity contribution in [3.63, 3.8) is 0 Å². The lowest BCUT2D eigenvalue weighted by Crippen LogP contribution is -2.43. The molecule has 0 fully saturated rings. The normalized spacial score (nSPS) is 19.3. The van der Waals surface area contributed by atoms with Gasteiger partial charge in [-0.05, 0) is 61.5 Å². The first-order chi connectivity index (χ1) is 33.8. The summed E-state index contributed by atoms with van der Waals surface area (Å²) in [5.74, 6) is 5.37. The Morgan fingerprint density at radius 3 is 1.06 bits per heavy atom. The number of aromatic nitrogens is 1. The van der Waals surface area contributed by atoms with Crippen molar-refractivity contribution in [1.82, 2.24) is 4.98 Å². The molecule has 2 aliphatic heterocycles. The number of aliphatic hydroxyl groups is 1. The predicted octanol–water partition coefficient (Wildman–Crippen LogP) is 15.6. The maximum Gasteiger partial charge on any atom is 0.181 e. The number of aromatic amines is 1. The van der Waals surface area contributed by atoms with Crippen molar-refractivity contribution in [3.8, 4) is 44.1 Å². The van der Waals surface area contributed by atoms with Crippen LogP contribution < -0.4 is 18.9 Å². The van der Waals surface area contributed by atoms with Crippen LogP contribution in [0, 0.1) is 34.5 Å². The molecule has 0 amide bonds. The summed E-state index contributed by atoms with van der Waals surface area (Å²) >= 11 is 3.28. The number of rotatable bonds is 34. The number of nitrogens with one attached hydrogen (secondary N) is 1. The molecule has 0 spiro atoms. The summed E-state index contributed by atoms with van der Waals surface area (Å²) in [6.45, 7) is 29.2. The van der Waals surface area contributed by atoms with E-state index in [-0.39, 0.29) is 0 Å². The number of H-pyrrole nitrogens is 1. The maximum absolute atomic E-state index is 7.00. The number of aliphatic hydroxyl groups excluding tert-OH is 1. The fourth-order valence-corrected chi connectivity index (χ4v) is 10.8. The minimum absolute atomic E-state index is 0.419. The molecule has 0 bridgehead atoms. The smallest absolute Gasteiger partial charge is 0.181 e.